The van der Waals surface area contributed by atoms with Gasteiger partial charge in [-0.2, -0.15) is 0 Å². The molecule has 0 saturated carbocycles. The third-order valence-electron chi connectivity index (χ3n) is 3.40. The van der Waals surface area contributed by atoms with Gasteiger partial charge >= 0.3 is 0 Å². The number of piperidine rings is 1. The smallest absolute Gasteiger partial charge is 0.255 e. The summed E-state index contributed by atoms with van der Waals surface area (Å²) in [7, 11) is 0. The maximum Gasteiger partial charge on any atom is 0.255 e. The molecule has 1 aromatic heterocycles. The van der Waals surface area contributed by atoms with E-state index in [0.29, 0.717) is 18.1 Å². The molecule has 4 nitrogen and oxygen atoms in total. The van der Waals surface area contributed by atoms with Crippen LogP contribution in [0.3, 0.4) is 0 Å². The molecule has 1 aromatic rings. The van der Waals surface area contributed by atoms with Crippen molar-refractivity contribution < 1.29 is 9.53 Å². The molecule has 0 unspecified atom stereocenters. The fourth-order valence-corrected chi connectivity index (χ4v) is 2.29. The van der Waals surface area contributed by atoms with Gasteiger partial charge < -0.3 is 9.64 Å². The van der Waals surface area contributed by atoms with Crippen LogP contribution in [0.5, 0.6) is 0 Å². The largest absolute Gasteiger partial charge is 0.377 e. The second-order valence-electron chi connectivity index (χ2n) is 4.80. The van der Waals surface area contributed by atoms with Crippen molar-refractivity contribution in [3.63, 3.8) is 0 Å². The fourth-order valence-electron chi connectivity index (χ4n) is 2.29. The second-order valence-corrected chi connectivity index (χ2v) is 4.80. The van der Waals surface area contributed by atoms with E-state index in [9.17, 15) is 4.79 Å². The van der Waals surface area contributed by atoms with Crippen molar-refractivity contribution in [2.24, 2.45) is 5.92 Å². The van der Waals surface area contributed by atoms with Crippen molar-refractivity contribution in [1.82, 2.24) is 9.88 Å². The Hall–Kier alpha value is -1.68. The first-order valence-electron chi connectivity index (χ1n) is 6.69. The zero-order chi connectivity index (χ0) is 13.5. The fraction of sp³-hybridized carbons (Fsp3) is 0.467. The molecule has 2 heterocycles. The van der Waals surface area contributed by atoms with Gasteiger partial charge in [-0.15, -0.1) is 6.58 Å². The topological polar surface area (TPSA) is 42.4 Å². The third kappa shape index (κ3) is 3.89. The van der Waals surface area contributed by atoms with E-state index >= 15 is 0 Å². The highest BCUT2D eigenvalue weighted by Gasteiger charge is 2.23. The highest BCUT2D eigenvalue weighted by molar-refractivity contribution is 5.93. The van der Waals surface area contributed by atoms with Gasteiger partial charge in [-0.05, 0) is 30.9 Å². The molecule has 1 saturated heterocycles. The summed E-state index contributed by atoms with van der Waals surface area (Å²) in [5.74, 6) is 0.636. The van der Waals surface area contributed by atoms with Crippen LogP contribution in [-0.2, 0) is 4.74 Å². The Kier molecular flexibility index (Phi) is 5.10. The van der Waals surface area contributed by atoms with Crippen molar-refractivity contribution in [2.75, 3.05) is 26.3 Å². The Labute approximate surface area is 114 Å². The normalized spacial score (nSPS) is 16.3. The molecule has 19 heavy (non-hydrogen) atoms. The van der Waals surface area contributed by atoms with E-state index in [-0.39, 0.29) is 5.91 Å². The monoisotopic (exact) mass is 260 g/mol. The molecule has 0 aromatic carbocycles. The molecule has 0 bridgehead atoms. The van der Waals surface area contributed by atoms with E-state index in [1.807, 2.05) is 11.0 Å². The van der Waals surface area contributed by atoms with Crippen LogP contribution in [0.15, 0.2) is 37.2 Å². The number of ether oxygens (including phenoxy) is 1. The Morgan fingerprint density at radius 1 is 1.53 bits per heavy atom. The number of carbonyl (C=O) groups is 1. The van der Waals surface area contributed by atoms with Crippen molar-refractivity contribution in [3.05, 3.63) is 42.7 Å². The molecule has 4 heteroatoms. The first-order chi connectivity index (χ1) is 9.31. The quantitative estimate of drug-likeness (QED) is 0.601. The molecule has 1 amide bonds. The Morgan fingerprint density at radius 3 is 2.95 bits per heavy atom. The van der Waals surface area contributed by atoms with Gasteiger partial charge in [0.25, 0.3) is 5.91 Å². The average molecular weight is 260 g/mol. The molecular weight excluding hydrogens is 240 g/mol. The summed E-state index contributed by atoms with van der Waals surface area (Å²) in [4.78, 5) is 18.1. The van der Waals surface area contributed by atoms with Gasteiger partial charge in [0.05, 0.1) is 12.2 Å². The van der Waals surface area contributed by atoms with Crippen LogP contribution in [0, 0.1) is 5.92 Å². The van der Waals surface area contributed by atoms with Crippen molar-refractivity contribution in [1.29, 1.82) is 0 Å². The first-order valence-corrected chi connectivity index (χ1v) is 6.69. The number of aromatic nitrogens is 1. The molecule has 0 atom stereocenters. The van der Waals surface area contributed by atoms with E-state index in [1.165, 1.54) is 0 Å². The van der Waals surface area contributed by atoms with Gasteiger partial charge in [-0.1, -0.05) is 6.08 Å². The molecule has 1 aliphatic rings. The average Bonchev–Trinajstić information content (AvgIpc) is 2.48. The van der Waals surface area contributed by atoms with Gasteiger partial charge in [-0.25, -0.2) is 0 Å². The van der Waals surface area contributed by atoms with E-state index in [1.54, 1.807) is 24.5 Å². The zero-order valence-corrected chi connectivity index (χ0v) is 11.1. The predicted molar refractivity (Wildman–Crippen MR) is 73.9 cm³/mol. The number of rotatable bonds is 5. The highest BCUT2D eigenvalue weighted by Crippen LogP contribution is 2.19. The van der Waals surface area contributed by atoms with Gasteiger partial charge in [0.15, 0.2) is 0 Å². The van der Waals surface area contributed by atoms with Gasteiger partial charge in [0.1, 0.15) is 0 Å². The maximum absolute atomic E-state index is 12.2. The van der Waals surface area contributed by atoms with E-state index < -0.39 is 0 Å². The zero-order valence-electron chi connectivity index (χ0n) is 11.1. The lowest BCUT2D eigenvalue weighted by atomic mass is 9.97. The van der Waals surface area contributed by atoms with Crippen LogP contribution >= 0.6 is 0 Å². The Balaban J connectivity index is 1.80. The molecule has 0 aliphatic carbocycles. The summed E-state index contributed by atoms with van der Waals surface area (Å²) in [5.41, 5.74) is 0.670. The van der Waals surface area contributed by atoms with Crippen LogP contribution < -0.4 is 0 Å². The molecule has 2 rings (SSSR count). The van der Waals surface area contributed by atoms with Gasteiger partial charge in [-0.3, -0.25) is 9.78 Å². The van der Waals surface area contributed by atoms with Crippen LogP contribution in [0.2, 0.25) is 0 Å². The number of amides is 1. The van der Waals surface area contributed by atoms with Gasteiger partial charge in [0.2, 0.25) is 0 Å². The predicted octanol–water partition coefficient (Wildman–Crippen LogP) is 2.14. The van der Waals surface area contributed by atoms with Crippen LogP contribution in [0.4, 0.5) is 0 Å². The lowest BCUT2D eigenvalue weighted by Gasteiger charge is -2.31. The molecule has 0 N–H and O–H groups in total. The summed E-state index contributed by atoms with van der Waals surface area (Å²) in [5, 5.41) is 0. The minimum Gasteiger partial charge on any atom is -0.377 e. The number of likely N-dealkylation sites (tertiary alicyclic amines) is 1. The number of hydrogen-bond acceptors (Lipinski definition) is 3. The number of hydrogen-bond donors (Lipinski definition) is 0. The lowest BCUT2D eigenvalue weighted by Crippen LogP contribution is -2.39. The third-order valence-corrected chi connectivity index (χ3v) is 3.40. The molecule has 1 aliphatic heterocycles. The Bertz CT molecular complexity index is 411. The van der Waals surface area contributed by atoms with E-state index in [0.717, 1.165) is 32.5 Å². The molecule has 0 spiro atoms. The first kappa shape index (κ1) is 13.7. The summed E-state index contributed by atoms with van der Waals surface area (Å²) in [6.07, 6.45) is 7.08. The number of nitrogens with zero attached hydrogens (tertiary/aromatic N) is 2. The number of pyridine rings is 1. The molecule has 1 fully saturated rings. The van der Waals surface area contributed by atoms with Crippen LogP contribution in [-0.4, -0.2) is 42.1 Å². The van der Waals surface area contributed by atoms with Gasteiger partial charge in [0, 0.05) is 32.1 Å². The molecular formula is C15H20N2O2. The summed E-state index contributed by atoms with van der Waals surface area (Å²) >= 11 is 0. The SMILES string of the molecule is C=CCOCC1CCN(C(=O)c2cccnc2)CC1. The lowest BCUT2D eigenvalue weighted by molar-refractivity contribution is 0.0575. The summed E-state index contributed by atoms with van der Waals surface area (Å²) < 4.78 is 5.47. The Morgan fingerprint density at radius 2 is 2.32 bits per heavy atom. The summed E-state index contributed by atoms with van der Waals surface area (Å²) in [6.45, 7) is 6.60. The molecule has 0 radical (unpaired) electrons. The highest BCUT2D eigenvalue weighted by atomic mass is 16.5. The maximum atomic E-state index is 12.2. The molecule has 102 valence electrons. The standard InChI is InChI=1S/C15H20N2O2/c1-2-10-19-12-13-5-8-17(9-6-13)15(18)14-4-3-7-16-11-14/h2-4,7,11,13H,1,5-6,8-10,12H2. The minimum absolute atomic E-state index is 0.0820. The van der Waals surface area contributed by atoms with Crippen molar-refractivity contribution in [2.45, 2.75) is 12.8 Å². The van der Waals surface area contributed by atoms with E-state index in [2.05, 4.69) is 11.6 Å². The van der Waals surface area contributed by atoms with E-state index in [4.69, 9.17) is 4.74 Å². The summed E-state index contributed by atoms with van der Waals surface area (Å²) in [6, 6.07) is 3.61. The van der Waals surface area contributed by atoms with Crippen LogP contribution in [0.1, 0.15) is 23.2 Å². The minimum atomic E-state index is 0.0820. The second kappa shape index (κ2) is 7.04. The van der Waals surface area contributed by atoms with Crippen molar-refractivity contribution >= 4 is 5.91 Å². The van der Waals surface area contributed by atoms with Crippen LogP contribution in [0.25, 0.3) is 0 Å². The van der Waals surface area contributed by atoms with Crippen molar-refractivity contribution in [3.8, 4) is 0 Å². The number of carbonyl (C=O) groups excluding carboxylic acids is 1.